The number of thioether (sulfide) groups is 1. The predicted octanol–water partition coefficient (Wildman–Crippen LogP) is 3.99. The molecule has 0 saturated carbocycles. The Morgan fingerprint density at radius 1 is 1.13 bits per heavy atom. The number of amides is 1. The van der Waals surface area contributed by atoms with Crippen LogP contribution in [0.2, 0.25) is 0 Å². The van der Waals surface area contributed by atoms with Crippen molar-refractivity contribution in [2.75, 3.05) is 17.2 Å². The summed E-state index contributed by atoms with van der Waals surface area (Å²) in [6.45, 7) is 2.26. The van der Waals surface area contributed by atoms with E-state index < -0.39 is 0 Å². The first kappa shape index (κ1) is 15.8. The van der Waals surface area contributed by atoms with Crippen molar-refractivity contribution < 1.29 is 9.59 Å². The Hall–Kier alpha value is -2.07. The normalized spacial score (nSPS) is 17.5. The summed E-state index contributed by atoms with van der Waals surface area (Å²) >= 11 is 1.31. The van der Waals surface area contributed by atoms with Crippen molar-refractivity contribution in [3.63, 3.8) is 0 Å². The third-order valence-corrected chi connectivity index (χ3v) is 5.04. The lowest BCUT2D eigenvalue weighted by atomic mass is 10.1. The SMILES string of the molecule is CC(=O)SCC1CC(=O)N(c2cccc(-c3ccccc3)c2)C1. The van der Waals surface area contributed by atoms with Crippen molar-refractivity contribution in [2.24, 2.45) is 5.92 Å². The molecule has 0 aliphatic carbocycles. The highest BCUT2D eigenvalue weighted by molar-refractivity contribution is 8.13. The molecule has 1 aliphatic heterocycles. The monoisotopic (exact) mass is 325 g/mol. The molecular formula is C19H19NO2S. The average molecular weight is 325 g/mol. The summed E-state index contributed by atoms with van der Waals surface area (Å²) in [5.74, 6) is 1.11. The van der Waals surface area contributed by atoms with Gasteiger partial charge in [0.25, 0.3) is 0 Å². The van der Waals surface area contributed by atoms with Gasteiger partial charge in [-0.25, -0.2) is 0 Å². The van der Waals surface area contributed by atoms with Gasteiger partial charge in [0.2, 0.25) is 5.91 Å². The van der Waals surface area contributed by atoms with Gasteiger partial charge in [0.15, 0.2) is 5.12 Å². The molecular weight excluding hydrogens is 306 g/mol. The van der Waals surface area contributed by atoms with Gasteiger partial charge in [-0.1, -0.05) is 54.2 Å². The van der Waals surface area contributed by atoms with Crippen LogP contribution in [0.5, 0.6) is 0 Å². The summed E-state index contributed by atoms with van der Waals surface area (Å²) in [6.07, 6.45) is 0.524. The van der Waals surface area contributed by atoms with Crippen LogP contribution in [-0.2, 0) is 9.59 Å². The molecule has 2 aromatic rings. The molecule has 1 aliphatic rings. The zero-order valence-electron chi connectivity index (χ0n) is 13.1. The Morgan fingerprint density at radius 2 is 1.87 bits per heavy atom. The fourth-order valence-corrected chi connectivity index (χ4v) is 3.56. The first-order chi connectivity index (χ1) is 11.1. The summed E-state index contributed by atoms with van der Waals surface area (Å²) in [6, 6.07) is 18.2. The lowest BCUT2D eigenvalue weighted by Gasteiger charge is -2.17. The molecule has 0 spiro atoms. The summed E-state index contributed by atoms with van der Waals surface area (Å²) in [4.78, 5) is 25.3. The number of benzene rings is 2. The molecule has 2 aromatic carbocycles. The Labute approximate surface area is 140 Å². The third kappa shape index (κ3) is 3.82. The van der Waals surface area contributed by atoms with E-state index in [1.54, 1.807) is 6.92 Å². The van der Waals surface area contributed by atoms with E-state index in [4.69, 9.17) is 0 Å². The van der Waals surface area contributed by atoms with Gasteiger partial charge in [-0.3, -0.25) is 9.59 Å². The average Bonchev–Trinajstić information content (AvgIpc) is 2.95. The minimum absolute atomic E-state index is 0.113. The Bertz CT molecular complexity index is 714. The molecule has 1 unspecified atom stereocenters. The number of hydrogen-bond donors (Lipinski definition) is 0. The van der Waals surface area contributed by atoms with Crippen LogP contribution in [-0.4, -0.2) is 23.3 Å². The molecule has 0 N–H and O–H groups in total. The highest BCUT2D eigenvalue weighted by atomic mass is 32.2. The maximum Gasteiger partial charge on any atom is 0.227 e. The van der Waals surface area contributed by atoms with Crippen LogP contribution in [0.15, 0.2) is 54.6 Å². The lowest BCUT2D eigenvalue weighted by molar-refractivity contribution is -0.117. The van der Waals surface area contributed by atoms with E-state index in [-0.39, 0.29) is 16.9 Å². The minimum atomic E-state index is 0.113. The van der Waals surface area contributed by atoms with E-state index in [0.29, 0.717) is 13.0 Å². The molecule has 1 fully saturated rings. The van der Waals surface area contributed by atoms with Crippen molar-refractivity contribution >= 4 is 28.5 Å². The molecule has 118 valence electrons. The first-order valence-corrected chi connectivity index (χ1v) is 8.71. The molecule has 0 radical (unpaired) electrons. The zero-order chi connectivity index (χ0) is 16.2. The molecule has 4 heteroatoms. The quantitative estimate of drug-likeness (QED) is 0.853. The van der Waals surface area contributed by atoms with Crippen molar-refractivity contribution in [3.05, 3.63) is 54.6 Å². The highest BCUT2D eigenvalue weighted by Gasteiger charge is 2.30. The fraction of sp³-hybridized carbons (Fsp3) is 0.263. The zero-order valence-corrected chi connectivity index (χ0v) is 13.9. The Balaban J connectivity index is 1.77. The largest absolute Gasteiger partial charge is 0.312 e. The van der Waals surface area contributed by atoms with Crippen molar-refractivity contribution in [1.29, 1.82) is 0 Å². The summed E-state index contributed by atoms with van der Waals surface area (Å²) < 4.78 is 0. The molecule has 3 nitrogen and oxygen atoms in total. The molecule has 23 heavy (non-hydrogen) atoms. The first-order valence-electron chi connectivity index (χ1n) is 7.72. The van der Waals surface area contributed by atoms with Gasteiger partial charge in [-0.05, 0) is 29.2 Å². The second kappa shape index (κ2) is 7.01. The number of nitrogens with zero attached hydrogens (tertiary/aromatic N) is 1. The van der Waals surface area contributed by atoms with Gasteiger partial charge < -0.3 is 4.90 Å². The van der Waals surface area contributed by atoms with Crippen molar-refractivity contribution in [3.8, 4) is 11.1 Å². The van der Waals surface area contributed by atoms with Crippen LogP contribution in [0.25, 0.3) is 11.1 Å². The van der Waals surface area contributed by atoms with E-state index in [1.807, 2.05) is 35.2 Å². The van der Waals surface area contributed by atoms with Gasteiger partial charge in [0.05, 0.1) is 0 Å². The Kier molecular flexibility index (Phi) is 4.82. The van der Waals surface area contributed by atoms with Crippen LogP contribution in [0, 0.1) is 5.92 Å². The van der Waals surface area contributed by atoms with Gasteiger partial charge in [0.1, 0.15) is 0 Å². The molecule has 1 saturated heterocycles. The number of carbonyl (C=O) groups excluding carboxylic acids is 2. The van der Waals surface area contributed by atoms with Crippen LogP contribution in [0.4, 0.5) is 5.69 Å². The highest BCUT2D eigenvalue weighted by Crippen LogP contribution is 2.30. The standard InChI is InChI=1S/C19H19NO2S/c1-14(21)23-13-15-10-19(22)20(12-15)18-9-5-8-17(11-18)16-6-3-2-4-7-16/h2-9,11,15H,10,12-13H2,1H3. The predicted molar refractivity (Wildman–Crippen MR) is 95.5 cm³/mol. The van der Waals surface area contributed by atoms with E-state index in [2.05, 4.69) is 24.3 Å². The molecule has 0 aromatic heterocycles. The maximum atomic E-state index is 12.3. The van der Waals surface area contributed by atoms with Crippen LogP contribution >= 0.6 is 11.8 Å². The van der Waals surface area contributed by atoms with E-state index in [0.717, 1.165) is 22.6 Å². The van der Waals surface area contributed by atoms with Crippen molar-refractivity contribution in [2.45, 2.75) is 13.3 Å². The Morgan fingerprint density at radius 3 is 2.61 bits per heavy atom. The second-order valence-electron chi connectivity index (χ2n) is 5.79. The van der Waals surface area contributed by atoms with Gasteiger partial charge in [-0.15, -0.1) is 0 Å². The maximum absolute atomic E-state index is 12.3. The summed E-state index contributed by atoms with van der Waals surface area (Å²) in [5, 5.41) is 0.113. The third-order valence-electron chi connectivity index (χ3n) is 3.99. The number of rotatable bonds is 4. The lowest BCUT2D eigenvalue weighted by Crippen LogP contribution is -2.24. The van der Waals surface area contributed by atoms with Gasteiger partial charge >= 0.3 is 0 Å². The number of hydrogen-bond acceptors (Lipinski definition) is 3. The topological polar surface area (TPSA) is 37.4 Å². The van der Waals surface area contributed by atoms with Crippen LogP contribution < -0.4 is 4.90 Å². The second-order valence-corrected chi connectivity index (χ2v) is 6.99. The molecule has 1 amide bonds. The summed E-state index contributed by atoms with van der Waals surface area (Å²) in [7, 11) is 0. The van der Waals surface area contributed by atoms with E-state index in [1.165, 1.54) is 11.8 Å². The van der Waals surface area contributed by atoms with Crippen molar-refractivity contribution in [1.82, 2.24) is 0 Å². The summed E-state index contributed by atoms with van der Waals surface area (Å²) in [5.41, 5.74) is 3.19. The van der Waals surface area contributed by atoms with Crippen LogP contribution in [0.3, 0.4) is 0 Å². The van der Waals surface area contributed by atoms with E-state index >= 15 is 0 Å². The minimum Gasteiger partial charge on any atom is -0.312 e. The smallest absolute Gasteiger partial charge is 0.227 e. The molecule has 1 atom stereocenters. The fourth-order valence-electron chi connectivity index (χ4n) is 2.86. The van der Waals surface area contributed by atoms with E-state index in [9.17, 15) is 9.59 Å². The van der Waals surface area contributed by atoms with Gasteiger partial charge in [-0.2, -0.15) is 0 Å². The van der Waals surface area contributed by atoms with Crippen LogP contribution in [0.1, 0.15) is 13.3 Å². The molecule has 3 rings (SSSR count). The number of carbonyl (C=O) groups is 2. The number of anilines is 1. The molecule has 0 bridgehead atoms. The molecule has 1 heterocycles. The van der Waals surface area contributed by atoms with Gasteiger partial charge in [0, 0.05) is 31.3 Å².